The van der Waals surface area contributed by atoms with E-state index in [-0.39, 0.29) is 11.4 Å². The molecule has 0 aliphatic heterocycles. The number of nitrogens with zero attached hydrogens (tertiary/aromatic N) is 3. The largest absolute Gasteiger partial charge is 0.359 e. The highest BCUT2D eigenvalue weighted by molar-refractivity contribution is 7.93. The van der Waals surface area contributed by atoms with Crippen molar-refractivity contribution in [1.29, 1.82) is 0 Å². The molecule has 2 aromatic heterocycles. The van der Waals surface area contributed by atoms with E-state index in [0.29, 0.717) is 21.6 Å². The van der Waals surface area contributed by atoms with Crippen LogP contribution >= 0.6 is 22.9 Å². The summed E-state index contributed by atoms with van der Waals surface area (Å²) < 4.78 is 32.9. The minimum atomic E-state index is -3.81. The topological polar surface area (TPSA) is 76.3 Å². The maximum Gasteiger partial charge on any atom is 0.266 e. The molecule has 0 radical (unpaired) electrons. The molecule has 142 valence electrons. The van der Waals surface area contributed by atoms with Crippen LogP contribution in [0.1, 0.15) is 5.76 Å². The smallest absolute Gasteiger partial charge is 0.266 e. The van der Waals surface area contributed by atoms with E-state index in [1.807, 2.05) is 12.1 Å². The molecule has 0 fully saturated rings. The van der Waals surface area contributed by atoms with E-state index in [0.717, 1.165) is 5.56 Å². The van der Waals surface area contributed by atoms with Gasteiger partial charge in [0.1, 0.15) is 5.69 Å². The molecule has 2 aromatic carbocycles. The summed E-state index contributed by atoms with van der Waals surface area (Å²) in [6.45, 7) is -0.0225. The number of hydrogen-bond acceptors (Lipinski definition) is 6. The average molecular weight is 432 g/mol. The quantitative estimate of drug-likeness (QED) is 0.436. The van der Waals surface area contributed by atoms with Crippen LogP contribution in [0.5, 0.6) is 0 Å². The molecule has 0 spiro atoms. The van der Waals surface area contributed by atoms with Crippen LogP contribution in [0.15, 0.2) is 81.7 Å². The number of aromatic nitrogens is 2. The van der Waals surface area contributed by atoms with Crippen molar-refractivity contribution in [3.63, 3.8) is 0 Å². The van der Waals surface area contributed by atoms with Gasteiger partial charge in [-0.2, -0.15) is 0 Å². The number of halogens is 1. The third kappa shape index (κ3) is 3.80. The molecule has 0 saturated carbocycles. The molecule has 0 aliphatic carbocycles. The highest BCUT2D eigenvalue weighted by Crippen LogP contribution is 2.29. The Morgan fingerprint density at radius 1 is 1.07 bits per heavy atom. The summed E-state index contributed by atoms with van der Waals surface area (Å²) in [4.78, 5) is 4.35. The maximum absolute atomic E-state index is 13.2. The fourth-order valence-corrected chi connectivity index (χ4v) is 5.00. The lowest BCUT2D eigenvalue weighted by Crippen LogP contribution is -2.30. The number of sulfonamides is 1. The van der Waals surface area contributed by atoms with Crippen LogP contribution in [0, 0.1) is 0 Å². The Hall–Kier alpha value is -2.68. The molecule has 0 atom stereocenters. The fourth-order valence-electron chi connectivity index (χ4n) is 2.60. The zero-order valence-electron chi connectivity index (χ0n) is 14.4. The monoisotopic (exact) mass is 431 g/mol. The van der Waals surface area contributed by atoms with E-state index in [4.69, 9.17) is 16.1 Å². The lowest BCUT2D eigenvalue weighted by Gasteiger charge is -2.20. The van der Waals surface area contributed by atoms with Crippen molar-refractivity contribution in [1.82, 2.24) is 10.1 Å². The first-order chi connectivity index (χ1) is 13.5. The molecule has 2 heterocycles. The zero-order valence-corrected chi connectivity index (χ0v) is 16.8. The second kappa shape index (κ2) is 7.75. The normalized spacial score (nSPS) is 11.5. The maximum atomic E-state index is 13.2. The molecule has 4 rings (SSSR count). The summed E-state index contributed by atoms with van der Waals surface area (Å²) in [5.41, 5.74) is 1.42. The van der Waals surface area contributed by atoms with E-state index in [1.54, 1.807) is 60.1 Å². The Morgan fingerprint density at radius 2 is 1.82 bits per heavy atom. The second-order valence-corrected chi connectivity index (χ2v) is 9.00. The first kappa shape index (κ1) is 18.7. The fraction of sp³-hybridized carbons (Fsp3) is 0.0526. The van der Waals surface area contributed by atoms with Gasteiger partial charge in [0.15, 0.2) is 10.9 Å². The van der Waals surface area contributed by atoms with Gasteiger partial charge in [-0.15, -0.1) is 11.3 Å². The summed E-state index contributed by atoms with van der Waals surface area (Å²) in [7, 11) is -3.81. The van der Waals surface area contributed by atoms with Crippen molar-refractivity contribution in [2.45, 2.75) is 11.4 Å². The Balaban J connectivity index is 1.67. The molecular weight excluding hydrogens is 418 g/mol. The third-order valence-corrected chi connectivity index (χ3v) is 6.87. The minimum Gasteiger partial charge on any atom is -0.359 e. The molecule has 0 unspecified atom stereocenters. The van der Waals surface area contributed by atoms with Gasteiger partial charge in [-0.25, -0.2) is 17.7 Å². The molecular formula is C19H14ClN3O3S2. The standard InChI is InChI=1S/C19H14ClN3O3S2/c20-15-8-6-14(7-9-15)18-12-16(26-22-18)13-23(19-21-10-11-27-19)28(24,25)17-4-2-1-3-5-17/h1-12H,13H2. The molecule has 9 heteroatoms. The molecule has 0 amide bonds. The number of anilines is 1. The van der Waals surface area contributed by atoms with E-state index < -0.39 is 10.0 Å². The van der Waals surface area contributed by atoms with Crippen LogP contribution < -0.4 is 4.31 Å². The third-order valence-electron chi connectivity index (χ3n) is 3.96. The minimum absolute atomic E-state index is 0.0225. The summed E-state index contributed by atoms with van der Waals surface area (Å²) in [5, 5.41) is 6.75. The van der Waals surface area contributed by atoms with Gasteiger partial charge in [0.2, 0.25) is 0 Å². The highest BCUT2D eigenvalue weighted by Gasteiger charge is 2.28. The zero-order chi connectivity index (χ0) is 19.6. The van der Waals surface area contributed by atoms with Gasteiger partial charge < -0.3 is 4.52 Å². The SMILES string of the molecule is O=S(=O)(c1ccccc1)N(Cc1cc(-c2ccc(Cl)cc2)no1)c1nccs1. The van der Waals surface area contributed by atoms with Crippen molar-refractivity contribution in [3.05, 3.63) is 83.0 Å². The number of benzene rings is 2. The van der Waals surface area contributed by atoms with Crippen LogP contribution in [0.4, 0.5) is 5.13 Å². The van der Waals surface area contributed by atoms with Gasteiger partial charge in [0, 0.05) is 28.2 Å². The molecule has 4 aromatic rings. The summed E-state index contributed by atoms with van der Waals surface area (Å²) in [5.74, 6) is 0.402. The molecule has 0 bridgehead atoms. The molecule has 0 aliphatic rings. The molecule has 28 heavy (non-hydrogen) atoms. The van der Waals surface area contributed by atoms with Gasteiger partial charge in [-0.1, -0.05) is 47.1 Å². The number of rotatable bonds is 6. The van der Waals surface area contributed by atoms with Gasteiger partial charge >= 0.3 is 0 Å². The Morgan fingerprint density at radius 3 is 2.50 bits per heavy atom. The van der Waals surface area contributed by atoms with Crippen LogP contribution in [0.2, 0.25) is 5.02 Å². The first-order valence-electron chi connectivity index (χ1n) is 8.23. The van der Waals surface area contributed by atoms with Gasteiger partial charge in [-0.3, -0.25) is 0 Å². The van der Waals surface area contributed by atoms with Crippen molar-refractivity contribution in [3.8, 4) is 11.3 Å². The lowest BCUT2D eigenvalue weighted by atomic mass is 10.1. The summed E-state index contributed by atoms with van der Waals surface area (Å²) in [6.07, 6.45) is 1.56. The van der Waals surface area contributed by atoms with E-state index >= 15 is 0 Å². The second-order valence-electron chi connectivity index (χ2n) is 5.82. The van der Waals surface area contributed by atoms with Gasteiger partial charge in [-0.05, 0) is 24.3 Å². The van der Waals surface area contributed by atoms with Gasteiger partial charge in [0.25, 0.3) is 10.0 Å². The van der Waals surface area contributed by atoms with Crippen LogP contribution in [-0.4, -0.2) is 18.6 Å². The van der Waals surface area contributed by atoms with Crippen molar-refractivity contribution in [2.24, 2.45) is 0 Å². The molecule has 0 saturated heterocycles. The van der Waals surface area contributed by atoms with Crippen LogP contribution in [-0.2, 0) is 16.6 Å². The molecule has 0 N–H and O–H groups in total. The highest BCUT2D eigenvalue weighted by atomic mass is 35.5. The van der Waals surface area contributed by atoms with Crippen molar-refractivity contribution < 1.29 is 12.9 Å². The summed E-state index contributed by atoms with van der Waals surface area (Å²) >= 11 is 7.15. The average Bonchev–Trinajstić information content (AvgIpc) is 3.39. The van der Waals surface area contributed by atoms with Crippen LogP contribution in [0.25, 0.3) is 11.3 Å². The van der Waals surface area contributed by atoms with E-state index in [1.165, 1.54) is 15.6 Å². The lowest BCUT2D eigenvalue weighted by molar-refractivity contribution is 0.386. The molecule has 6 nitrogen and oxygen atoms in total. The first-order valence-corrected chi connectivity index (χ1v) is 10.9. The Labute approximate surface area is 171 Å². The number of thiazole rings is 1. The van der Waals surface area contributed by atoms with Gasteiger partial charge in [0.05, 0.1) is 11.4 Å². The Kier molecular flexibility index (Phi) is 5.17. The predicted octanol–water partition coefficient (Wildman–Crippen LogP) is 4.85. The summed E-state index contributed by atoms with van der Waals surface area (Å²) in [6, 6.07) is 17.1. The number of hydrogen-bond donors (Lipinski definition) is 0. The van der Waals surface area contributed by atoms with E-state index in [9.17, 15) is 8.42 Å². The van der Waals surface area contributed by atoms with E-state index in [2.05, 4.69) is 10.1 Å². The predicted molar refractivity (Wildman–Crippen MR) is 109 cm³/mol. The van der Waals surface area contributed by atoms with Crippen LogP contribution in [0.3, 0.4) is 0 Å². The van der Waals surface area contributed by atoms with Crippen molar-refractivity contribution in [2.75, 3.05) is 4.31 Å². The Bertz CT molecular complexity index is 1160. The van der Waals surface area contributed by atoms with Crippen molar-refractivity contribution >= 4 is 38.1 Å².